The van der Waals surface area contributed by atoms with E-state index in [1.54, 1.807) is 0 Å². The Kier molecular flexibility index (Phi) is 4.45. The number of ketones is 1. The van der Waals surface area contributed by atoms with Gasteiger partial charge in [-0.05, 0) is 18.2 Å². The zero-order valence-corrected chi connectivity index (χ0v) is 14.4. The normalized spacial score (nSPS) is 13.9. The Labute approximate surface area is 154 Å². The number of carbonyl (C=O) groups excluding carboxylic acids is 2. The maximum absolute atomic E-state index is 13.3. The number of hydrogen-bond acceptors (Lipinski definition) is 3. The molecule has 0 spiro atoms. The minimum Gasteiger partial charge on any atom is -0.343 e. The maximum Gasteiger partial charge on any atom is 0.296 e. The fourth-order valence-corrected chi connectivity index (χ4v) is 3.57. The highest BCUT2D eigenvalue weighted by molar-refractivity contribution is 6.48. The molecule has 0 unspecified atom stereocenters. The van der Waals surface area contributed by atoms with Gasteiger partial charge in [0.15, 0.2) is 0 Å². The van der Waals surface area contributed by atoms with Gasteiger partial charge in [0.05, 0.1) is 5.56 Å². The van der Waals surface area contributed by atoms with Gasteiger partial charge >= 0.3 is 0 Å². The second-order valence-corrected chi connectivity index (χ2v) is 6.43. The van der Waals surface area contributed by atoms with Gasteiger partial charge in [0.2, 0.25) is 0 Å². The summed E-state index contributed by atoms with van der Waals surface area (Å²) >= 11 is 0. The van der Waals surface area contributed by atoms with Gasteiger partial charge in [-0.1, -0.05) is 18.2 Å². The summed E-state index contributed by atoms with van der Waals surface area (Å²) in [6.07, 6.45) is 0.609. The quantitative estimate of drug-likeness (QED) is 0.551. The van der Waals surface area contributed by atoms with Crippen molar-refractivity contribution in [2.45, 2.75) is 13.0 Å². The number of Topliss-reactive ketones (excluding diaryl/α,β-unsaturated/α-hetero) is 1. The van der Waals surface area contributed by atoms with Crippen LogP contribution in [0.25, 0.3) is 10.9 Å². The third kappa shape index (κ3) is 3.21. The van der Waals surface area contributed by atoms with Gasteiger partial charge in [-0.3, -0.25) is 9.59 Å². The second-order valence-electron chi connectivity index (χ2n) is 6.43. The molecule has 1 aliphatic rings. The van der Waals surface area contributed by atoms with Gasteiger partial charge in [-0.15, -0.1) is 0 Å². The van der Waals surface area contributed by atoms with E-state index in [4.69, 9.17) is 0 Å². The van der Waals surface area contributed by atoms with Crippen molar-refractivity contribution >= 4 is 28.3 Å². The van der Waals surface area contributed by atoms with Crippen molar-refractivity contribution in [3.05, 3.63) is 65.4 Å². The van der Waals surface area contributed by atoms with Crippen molar-refractivity contribution in [1.29, 1.82) is 0 Å². The summed E-state index contributed by atoms with van der Waals surface area (Å²) in [7, 11) is 0. The third-order valence-corrected chi connectivity index (χ3v) is 4.68. The minimum absolute atomic E-state index is 0.0953. The highest BCUT2D eigenvalue weighted by atomic mass is 19.1. The van der Waals surface area contributed by atoms with Crippen molar-refractivity contribution in [2.75, 3.05) is 18.4 Å². The lowest BCUT2D eigenvalue weighted by molar-refractivity contribution is -0.112. The summed E-state index contributed by atoms with van der Waals surface area (Å²) in [5.74, 6) is -3.29. The molecule has 1 aliphatic heterocycles. The largest absolute Gasteiger partial charge is 0.343 e. The molecule has 0 bridgehead atoms. The predicted molar refractivity (Wildman–Crippen MR) is 97.8 cm³/mol. The molecule has 0 saturated carbocycles. The van der Waals surface area contributed by atoms with Crippen LogP contribution >= 0.6 is 0 Å². The number of carbonyl (C=O) groups is 2. The highest BCUT2D eigenvalue weighted by Crippen LogP contribution is 2.28. The van der Waals surface area contributed by atoms with Crippen molar-refractivity contribution in [2.24, 2.45) is 0 Å². The van der Waals surface area contributed by atoms with Gasteiger partial charge in [-0.25, -0.2) is 8.78 Å². The van der Waals surface area contributed by atoms with Crippen molar-refractivity contribution in [3.63, 3.8) is 0 Å². The van der Waals surface area contributed by atoms with Crippen LogP contribution in [0.1, 0.15) is 16.1 Å². The molecule has 1 amide bonds. The van der Waals surface area contributed by atoms with E-state index < -0.39 is 23.3 Å². The first-order valence-electron chi connectivity index (χ1n) is 8.67. The highest BCUT2D eigenvalue weighted by Gasteiger charge is 2.27. The van der Waals surface area contributed by atoms with E-state index in [0.29, 0.717) is 36.5 Å². The molecule has 138 valence electrons. The predicted octanol–water partition coefficient (Wildman–Crippen LogP) is 2.89. The Balaban J connectivity index is 1.74. The van der Waals surface area contributed by atoms with Crippen LogP contribution in [-0.2, 0) is 17.8 Å². The molecule has 27 heavy (non-hydrogen) atoms. The number of amides is 1. The molecule has 4 rings (SSSR count). The number of para-hydroxylation sites is 1. The molecule has 7 heteroatoms. The Morgan fingerprint density at radius 3 is 2.56 bits per heavy atom. The number of rotatable bonds is 3. The Bertz CT molecular complexity index is 1040. The first-order chi connectivity index (χ1) is 13.0. The van der Waals surface area contributed by atoms with Crippen molar-refractivity contribution in [1.82, 2.24) is 9.88 Å². The fourth-order valence-electron chi connectivity index (χ4n) is 3.57. The molecule has 0 aliphatic carbocycles. The Morgan fingerprint density at radius 2 is 1.78 bits per heavy atom. The molecule has 0 radical (unpaired) electrons. The molecule has 5 nitrogen and oxygen atoms in total. The summed E-state index contributed by atoms with van der Waals surface area (Å²) in [6, 6.07) is 10.1. The zero-order chi connectivity index (χ0) is 19.0. The number of hydrogen-bond donors (Lipinski definition) is 2. The number of halogens is 2. The minimum atomic E-state index is -0.920. The van der Waals surface area contributed by atoms with Crippen LogP contribution in [0.4, 0.5) is 14.5 Å². The van der Waals surface area contributed by atoms with Gasteiger partial charge in [0, 0.05) is 54.4 Å². The van der Waals surface area contributed by atoms with E-state index in [2.05, 4.69) is 15.2 Å². The number of nitrogens with zero attached hydrogens (tertiary/aromatic N) is 1. The molecular weight excluding hydrogens is 352 g/mol. The first-order valence-corrected chi connectivity index (χ1v) is 8.67. The number of benzene rings is 2. The van der Waals surface area contributed by atoms with E-state index in [-0.39, 0.29) is 5.69 Å². The van der Waals surface area contributed by atoms with E-state index >= 15 is 0 Å². The zero-order valence-electron chi connectivity index (χ0n) is 14.4. The topological polar surface area (TPSA) is 63.1 Å². The number of fused-ring (bicyclic) bond motifs is 3. The van der Waals surface area contributed by atoms with E-state index in [1.165, 1.54) is 0 Å². The summed E-state index contributed by atoms with van der Waals surface area (Å²) in [5.41, 5.74) is 1.95. The van der Waals surface area contributed by atoms with Gasteiger partial charge in [0.1, 0.15) is 11.6 Å². The van der Waals surface area contributed by atoms with Crippen LogP contribution in [-0.4, -0.2) is 29.3 Å². The van der Waals surface area contributed by atoms with Crippen LogP contribution in [0, 0.1) is 11.6 Å². The molecule has 0 fully saturated rings. The molecule has 2 N–H and O–H groups in total. The van der Waals surface area contributed by atoms with Crippen molar-refractivity contribution in [3.8, 4) is 0 Å². The average molecular weight is 369 g/mol. The third-order valence-electron chi connectivity index (χ3n) is 4.68. The van der Waals surface area contributed by atoms with Gasteiger partial charge < -0.3 is 15.2 Å². The SMILES string of the molecule is O=C(Nc1cc(F)cc(F)c1)C(=O)c1c2n(c3ccccc13)CCNCC2. The van der Waals surface area contributed by atoms with Gasteiger partial charge in [0.25, 0.3) is 11.7 Å². The second kappa shape index (κ2) is 6.92. The number of anilines is 1. The monoisotopic (exact) mass is 369 g/mol. The van der Waals surface area contributed by atoms with E-state index in [9.17, 15) is 18.4 Å². The number of aromatic nitrogens is 1. The smallest absolute Gasteiger partial charge is 0.296 e. The maximum atomic E-state index is 13.3. The lowest BCUT2D eigenvalue weighted by Crippen LogP contribution is -2.24. The fraction of sp³-hybridized carbons (Fsp3) is 0.200. The van der Waals surface area contributed by atoms with Crippen LogP contribution in [0.3, 0.4) is 0 Å². The van der Waals surface area contributed by atoms with Crippen LogP contribution in [0.5, 0.6) is 0 Å². The lowest BCUT2D eigenvalue weighted by atomic mass is 10.0. The van der Waals surface area contributed by atoms with Gasteiger partial charge in [-0.2, -0.15) is 0 Å². The van der Waals surface area contributed by atoms with Crippen LogP contribution in [0.2, 0.25) is 0 Å². The standard InChI is InChI=1S/C20H17F2N3O2/c21-12-9-13(22)11-14(10-12)24-20(27)19(26)18-15-3-1-2-4-16(15)25-8-7-23-6-5-17(18)25/h1-4,9-11,23H,5-8H2,(H,24,27). The van der Waals surface area contributed by atoms with Crippen molar-refractivity contribution < 1.29 is 18.4 Å². The molecule has 2 aromatic carbocycles. The summed E-state index contributed by atoms with van der Waals surface area (Å²) in [6.45, 7) is 2.17. The molecular formula is C20H17F2N3O2. The molecule has 1 aromatic heterocycles. The average Bonchev–Trinajstić information content (AvgIpc) is 2.77. The Morgan fingerprint density at radius 1 is 1.04 bits per heavy atom. The molecule has 0 atom stereocenters. The Hall–Kier alpha value is -3.06. The lowest BCUT2D eigenvalue weighted by Gasteiger charge is -2.08. The number of nitrogens with one attached hydrogen (secondary N) is 2. The van der Waals surface area contributed by atoms with E-state index in [1.807, 2.05) is 24.3 Å². The molecule has 0 saturated heterocycles. The first kappa shape index (κ1) is 17.4. The van der Waals surface area contributed by atoms with Crippen LogP contribution in [0.15, 0.2) is 42.5 Å². The van der Waals surface area contributed by atoms with E-state index in [0.717, 1.165) is 29.9 Å². The molecule has 3 aromatic rings. The summed E-state index contributed by atoms with van der Waals surface area (Å²) in [4.78, 5) is 25.5. The molecule has 2 heterocycles. The van der Waals surface area contributed by atoms with Crippen LogP contribution < -0.4 is 10.6 Å². The summed E-state index contributed by atoms with van der Waals surface area (Å²) < 4.78 is 28.7. The summed E-state index contributed by atoms with van der Waals surface area (Å²) in [5, 5.41) is 6.29.